The van der Waals surface area contributed by atoms with Gasteiger partial charge in [-0.2, -0.15) is 17.0 Å². The highest BCUT2D eigenvalue weighted by molar-refractivity contribution is 7.86. The van der Waals surface area contributed by atoms with Gasteiger partial charge in [0, 0.05) is 38.1 Å². The first-order valence-electron chi connectivity index (χ1n) is 7.54. The van der Waals surface area contributed by atoms with E-state index in [1.54, 1.807) is 0 Å². The molecule has 6 nitrogen and oxygen atoms in total. The summed E-state index contributed by atoms with van der Waals surface area (Å²) in [6.45, 7) is 5.55. The van der Waals surface area contributed by atoms with E-state index in [-0.39, 0.29) is 11.8 Å². The minimum atomic E-state index is -3.35. The first kappa shape index (κ1) is 15.7. The molecule has 0 spiro atoms. The van der Waals surface area contributed by atoms with Crippen molar-refractivity contribution in [1.29, 1.82) is 0 Å². The Morgan fingerprint density at radius 1 is 1.15 bits per heavy atom. The number of hydrogen-bond donors (Lipinski definition) is 1. The molecule has 1 saturated heterocycles. The molecule has 116 valence electrons. The monoisotopic (exact) mass is 303 g/mol. The molecule has 2 fully saturated rings. The van der Waals surface area contributed by atoms with Crippen molar-refractivity contribution in [3.05, 3.63) is 0 Å². The average molecular weight is 303 g/mol. The molecule has 0 aromatic rings. The van der Waals surface area contributed by atoms with Crippen LogP contribution >= 0.6 is 0 Å². The lowest BCUT2D eigenvalue weighted by molar-refractivity contribution is -0.126. The zero-order valence-corrected chi connectivity index (χ0v) is 13.2. The number of amides is 1. The number of nitrogens with zero attached hydrogens (tertiary/aromatic N) is 2. The number of rotatable bonds is 6. The molecule has 1 saturated carbocycles. The van der Waals surface area contributed by atoms with Crippen molar-refractivity contribution in [2.24, 2.45) is 5.92 Å². The second-order valence-electron chi connectivity index (χ2n) is 5.55. The molecule has 2 rings (SSSR count). The molecule has 0 aromatic heterocycles. The van der Waals surface area contributed by atoms with Gasteiger partial charge in [-0.05, 0) is 25.7 Å². The van der Waals surface area contributed by atoms with Gasteiger partial charge in [0.05, 0.1) is 0 Å². The SMILES string of the molecule is CCN(CC)S(=O)(=O)N1CCC(C(=O)NC2CC2)CC1. The summed E-state index contributed by atoms with van der Waals surface area (Å²) in [5, 5.41) is 3.00. The van der Waals surface area contributed by atoms with E-state index in [1.807, 2.05) is 13.8 Å². The lowest BCUT2D eigenvalue weighted by atomic mass is 9.97. The lowest BCUT2D eigenvalue weighted by Crippen LogP contribution is -2.48. The molecule has 7 heteroatoms. The van der Waals surface area contributed by atoms with Crippen LogP contribution in [-0.4, -0.2) is 55.2 Å². The summed E-state index contributed by atoms with van der Waals surface area (Å²) < 4.78 is 27.7. The highest BCUT2D eigenvalue weighted by atomic mass is 32.2. The molecule has 0 atom stereocenters. The van der Waals surface area contributed by atoms with Crippen molar-refractivity contribution in [2.75, 3.05) is 26.2 Å². The van der Waals surface area contributed by atoms with Gasteiger partial charge < -0.3 is 5.32 Å². The number of hydrogen-bond acceptors (Lipinski definition) is 3. The van der Waals surface area contributed by atoms with Crippen LogP contribution in [0.1, 0.15) is 39.5 Å². The number of carbonyl (C=O) groups excluding carboxylic acids is 1. The van der Waals surface area contributed by atoms with Crippen LogP contribution in [0.15, 0.2) is 0 Å². The van der Waals surface area contributed by atoms with Crippen molar-refractivity contribution in [3.8, 4) is 0 Å². The molecular weight excluding hydrogens is 278 g/mol. The van der Waals surface area contributed by atoms with Gasteiger partial charge in [-0.1, -0.05) is 13.8 Å². The third-order valence-corrected chi connectivity index (χ3v) is 6.29. The van der Waals surface area contributed by atoms with Crippen LogP contribution < -0.4 is 5.32 Å². The fourth-order valence-electron chi connectivity index (χ4n) is 2.61. The number of carbonyl (C=O) groups is 1. The summed E-state index contributed by atoms with van der Waals surface area (Å²) >= 11 is 0. The normalized spacial score (nSPS) is 22.1. The molecule has 0 aromatic carbocycles. The minimum absolute atomic E-state index is 0.0289. The smallest absolute Gasteiger partial charge is 0.281 e. The van der Waals surface area contributed by atoms with Gasteiger partial charge in [0.2, 0.25) is 5.91 Å². The van der Waals surface area contributed by atoms with E-state index in [2.05, 4.69) is 5.32 Å². The van der Waals surface area contributed by atoms with Crippen molar-refractivity contribution < 1.29 is 13.2 Å². The first-order valence-corrected chi connectivity index (χ1v) is 8.94. The molecule has 1 amide bonds. The summed E-state index contributed by atoms with van der Waals surface area (Å²) in [6, 6.07) is 0.375. The van der Waals surface area contributed by atoms with E-state index < -0.39 is 10.2 Å². The molecular formula is C13H25N3O3S. The number of piperidine rings is 1. The summed E-state index contributed by atoms with van der Waals surface area (Å²) in [6.07, 6.45) is 3.42. The second-order valence-corrected chi connectivity index (χ2v) is 7.48. The van der Waals surface area contributed by atoms with Gasteiger partial charge >= 0.3 is 0 Å². The van der Waals surface area contributed by atoms with Gasteiger partial charge in [-0.15, -0.1) is 0 Å². The first-order chi connectivity index (χ1) is 9.48. The summed E-state index contributed by atoms with van der Waals surface area (Å²) in [4.78, 5) is 12.0. The maximum Gasteiger partial charge on any atom is 0.281 e. The topological polar surface area (TPSA) is 69.7 Å². The van der Waals surface area contributed by atoms with Crippen LogP contribution in [0.2, 0.25) is 0 Å². The van der Waals surface area contributed by atoms with E-state index in [1.165, 1.54) is 8.61 Å². The van der Waals surface area contributed by atoms with Crippen molar-refractivity contribution in [1.82, 2.24) is 13.9 Å². The van der Waals surface area contributed by atoms with Gasteiger partial charge in [0.15, 0.2) is 0 Å². The zero-order valence-electron chi connectivity index (χ0n) is 12.3. The second kappa shape index (κ2) is 6.41. The maximum absolute atomic E-state index is 12.4. The largest absolute Gasteiger partial charge is 0.353 e. The molecule has 1 aliphatic carbocycles. The molecule has 0 radical (unpaired) electrons. The molecule has 2 aliphatic rings. The summed E-state index contributed by atoms with van der Waals surface area (Å²) in [5.41, 5.74) is 0. The Morgan fingerprint density at radius 2 is 1.70 bits per heavy atom. The molecule has 1 N–H and O–H groups in total. The van der Waals surface area contributed by atoms with Gasteiger partial charge in [0.25, 0.3) is 10.2 Å². The van der Waals surface area contributed by atoms with Crippen molar-refractivity contribution in [3.63, 3.8) is 0 Å². The Hall–Kier alpha value is -0.660. The standard InChI is InChI=1S/C13H25N3O3S/c1-3-15(4-2)20(18,19)16-9-7-11(8-10-16)13(17)14-12-5-6-12/h11-12H,3-10H2,1-2H3,(H,14,17). The quantitative estimate of drug-likeness (QED) is 0.779. The highest BCUT2D eigenvalue weighted by Crippen LogP contribution is 2.24. The molecule has 0 bridgehead atoms. The molecule has 1 aliphatic heterocycles. The minimum Gasteiger partial charge on any atom is -0.353 e. The van der Waals surface area contributed by atoms with Gasteiger partial charge in [-0.3, -0.25) is 4.79 Å². The van der Waals surface area contributed by atoms with Crippen LogP contribution in [0.3, 0.4) is 0 Å². The predicted octanol–water partition coefficient (Wildman–Crippen LogP) is 0.564. The van der Waals surface area contributed by atoms with E-state index >= 15 is 0 Å². The summed E-state index contributed by atoms with van der Waals surface area (Å²) in [5.74, 6) is 0.0751. The van der Waals surface area contributed by atoms with Crippen molar-refractivity contribution >= 4 is 16.1 Å². The maximum atomic E-state index is 12.4. The Labute approximate surface area is 121 Å². The van der Waals surface area contributed by atoms with E-state index in [9.17, 15) is 13.2 Å². The Morgan fingerprint density at radius 3 is 2.15 bits per heavy atom. The van der Waals surface area contributed by atoms with Gasteiger partial charge in [-0.25, -0.2) is 0 Å². The Bertz CT molecular complexity index is 436. The zero-order chi connectivity index (χ0) is 14.8. The third-order valence-electron chi connectivity index (χ3n) is 4.11. The average Bonchev–Trinajstić information content (AvgIpc) is 3.24. The highest BCUT2D eigenvalue weighted by Gasteiger charge is 2.35. The van der Waals surface area contributed by atoms with Crippen LogP contribution in [0.4, 0.5) is 0 Å². The number of nitrogens with one attached hydrogen (secondary N) is 1. The van der Waals surface area contributed by atoms with Crippen LogP contribution in [0.5, 0.6) is 0 Å². The molecule has 20 heavy (non-hydrogen) atoms. The molecule has 1 heterocycles. The van der Waals surface area contributed by atoms with Crippen LogP contribution in [0.25, 0.3) is 0 Å². The Balaban J connectivity index is 1.88. The summed E-state index contributed by atoms with van der Waals surface area (Å²) in [7, 11) is -3.35. The van der Waals surface area contributed by atoms with Crippen LogP contribution in [0, 0.1) is 5.92 Å². The Kier molecular flexibility index (Phi) is 5.04. The van der Waals surface area contributed by atoms with Gasteiger partial charge in [0.1, 0.15) is 0 Å². The van der Waals surface area contributed by atoms with E-state index in [0.29, 0.717) is 45.1 Å². The molecule has 0 unspecified atom stereocenters. The third kappa shape index (κ3) is 3.51. The predicted molar refractivity (Wildman–Crippen MR) is 77.3 cm³/mol. The van der Waals surface area contributed by atoms with Crippen LogP contribution in [-0.2, 0) is 15.0 Å². The van der Waals surface area contributed by atoms with Crippen molar-refractivity contribution in [2.45, 2.75) is 45.6 Å². The fourth-order valence-corrected chi connectivity index (χ4v) is 4.26. The van der Waals surface area contributed by atoms with E-state index in [0.717, 1.165) is 12.8 Å². The van der Waals surface area contributed by atoms with E-state index in [4.69, 9.17) is 0 Å². The fraction of sp³-hybridized carbons (Fsp3) is 0.923. The lowest BCUT2D eigenvalue weighted by Gasteiger charge is -2.33.